The zero-order chi connectivity index (χ0) is 29.3. The predicted molar refractivity (Wildman–Crippen MR) is 175 cm³/mol. The summed E-state index contributed by atoms with van der Waals surface area (Å²) in [6.45, 7) is 6.19. The third kappa shape index (κ3) is 8.06. The van der Waals surface area contributed by atoms with Crippen LogP contribution in [0.4, 0.5) is 0 Å². The molecular formula is C40H46O2. The van der Waals surface area contributed by atoms with E-state index < -0.39 is 0 Å². The van der Waals surface area contributed by atoms with E-state index >= 15 is 0 Å². The zero-order valence-corrected chi connectivity index (χ0v) is 25.3. The van der Waals surface area contributed by atoms with Crippen molar-refractivity contribution in [1.82, 2.24) is 0 Å². The maximum Gasteiger partial charge on any atom is 0.147 e. The normalized spacial score (nSPS) is 18.6. The van der Waals surface area contributed by atoms with Gasteiger partial charge in [-0.1, -0.05) is 129 Å². The topological polar surface area (TPSA) is 34.1 Å². The molecule has 0 amide bonds. The van der Waals surface area contributed by atoms with Crippen LogP contribution in [-0.4, -0.2) is 11.6 Å². The fourth-order valence-corrected chi connectivity index (χ4v) is 6.84. The predicted octanol–water partition coefficient (Wildman–Crippen LogP) is 9.67. The molecule has 0 N–H and O–H groups in total. The number of ketones is 2. The summed E-state index contributed by atoms with van der Waals surface area (Å²) in [5.74, 6) is 1.00. The van der Waals surface area contributed by atoms with Crippen molar-refractivity contribution in [3.63, 3.8) is 0 Å². The average Bonchev–Trinajstić information content (AvgIpc) is 3.46. The second-order valence-electron chi connectivity index (χ2n) is 12.7. The molecule has 2 aliphatic rings. The highest BCUT2D eigenvalue weighted by molar-refractivity contribution is 5.90. The molecule has 2 aliphatic carbocycles. The first-order chi connectivity index (χ1) is 20.5. The molecule has 0 aliphatic heterocycles. The monoisotopic (exact) mass is 558 g/mol. The molecule has 2 nitrogen and oxygen atoms in total. The van der Waals surface area contributed by atoms with E-state index in [4.69, 9.17) is 0 Å². The Kier molecular flexibility index (Phi) is 10.4. The summed E-state index contributed by atoms with van der Waals surface area (Å²) in [6, 6.07) is 28.0. The van der Waals surface area contributed by atoms with Gasteiger partial charge in [-0.3, -0.25) is 9.59 Å². The van der Waals surface area contributed by atoms with Crippen molar-refractivity contribution in [3.05, 3.63) is 124 Å². The van der Waals surface area contributed by atoms with E-state index in [9.17, 15) is 9.59 Å². The first kappa shape index (κ1) is 30.0. The summed E-state index contributed by atoms with van der Waals surface area (Å²) in [6.07, 6.45) is 14.4. The van der Waals surface area contributed by atoms with Crippen molar-refractivity contribution >= 4 is 17.6 Å². The van der Waals surface area contributed by atoms with Gasteiger partial charge in [0, 0.05) is 24.2 Å². The lowest BCUT2D eigenvalue weighted by molar-refractivity contribution is -0.124. The van der Waals surface area contributed by atoms with Crippen LogP contribution >= 0.6 is 0 Å². The van der Waals surface area contributed by atoms with E-state index in [-0.39, 0.29) is 11.8 Å². The van der Waals surface area contributed by atoms with E-state index in [1.54, 1.807) is 0 Å². The minimum atomic E-state index is -0.102. The Morgan fingerprint density at radius 1 is 0.786 bits per heavy atom. The van der Waals surface area contributed by atoms with Crippen LogP contribution in [0.15, 0.2) is 96.6 Å². The number of rotatable bonds is 12. The zero-order valence-electron chi connectivity index (χ0n) is 25.3. The third-order valence-corrected chi connectivity index (χ3v) is 9.51. The van der Waals surface area contributed by atoms with Gasteiger partial charge in [0.05, 0.1) is 0 Å². The Balaban J connectivity index is 1.23. The van der Waals surface area contributed by atoms with Gasteiger partial charge >= 0.3 is 0 Å². The van der Waals surface area contributed by atoms with Gasteiger partial charge < -0.3 is 0 Å². The largest absolute Gasteiger partial charge is 0.299 e. The number of Topliss-reactive ketones (excluding diaryl/α,β-unsaturated/α-hetero) is 2. The fourth-order valence-electron chi connectivity index (χ4n) is 6.84. The minimum Gasteiger partial charge on any atom is -0.299 e. The van der Waals surface area contributed by atoms with Crippen LogP contribution in [0.3, 0.4) is 0 Å². The van der Waals surface area contributed by atoms with Crippen molar-refractivity contribution < 1.29 is 9.59 Å². The van der Waals surface area contributed by atoms with Gasteiger partial charge in [0.25, 0.3) is 0 Å². The highest BCUT2D eigenvalue weighted by Crippen LogP contribution is 2.35. The molecule has 218 valence electrons. The van der Waals surface area contributed by atoms with Gasteiger partial charge in [-0.2, -0.15) is 0 Å². The lowest BCUT2D eigenvalue weighted by Crippen LogP contribution is -2.19. The Hall–Kier alpha value is -3.52. The van der Waals surface area contributed by atoms with Gasteiger partial charge in [-0.15, -0.1) is 0 Å². The Morgan fingerprint density at radius 2 is 1.40 bits per heavy atom. The molecule has 1 unspecified atom stereocenters. The molecule has 0 spiro atoms. The number of hydrogen-bond donors (Lipinski definition) is 0. The summed E-state index contributed by atoms with van der Waals surface area (Å²) in [4.78, 5) is 25.8. The average molecular weight is 559 g/mol. The molecule has 0 bridgehead atoms. The van der Waals surface area contributed by atoms with Crippen molar-refractivity contribution in [2.45, 2.75) is 89.9 Å². The van der Waals surface area contributed by atoms with Crippen LogP contribution < -0.4 is 0 Å². The SMILES string of the molecule is C=C1CCC[C@H]1C(=O)C(C)c1ccc(CC(=Cc2ccccc2)Cc2ccc(CCC(=O)C3CCCCC3)cc2)cc1. The number of benzene rings is 3. The van der Waals surface area contributed by atoms with E-state index in [0.717, 1.165) is 62.5 Å². The van der Waals surface area contributed by atoms with Gasteiger partial charge in [0.1, 0.15) is 11.6 Å². The van der Waals surface area contributed by atoms with Crippen LogP contribution in [0, 0.1) is 11.8 Å². The summed E-state index contributed by atoms with van der Waals surface area (Å²) in [5, 5.41) is 0. The molecule has 0 radical (unpaired) electrons. The van der Waals surface area contributed by atoms with Crippen LogP contribution in [-0.2, 0) is 28.9 Å². The molecule has 2 atom stereocenters. The van der Waals surface area contributed by atoms with Gasteiger partial charge in [0.2, 0.25) is 0 Å². The summed E-state index contributed by atoms with van der Waals surface area (Å²) in [7, 11) is 0. The highest BCUT2D eigenvalue weighted by Gasteiger charge is 2.30. The number of carbonyl (C=O) groups is 2. The molecule has 0 aromatic heterocycles. The number of allylic oxidation sites excluding steroid dienone is 2. The maximum atomic E-state index is 13.1. The first-order valence-corrected chi connectivity index (χ1v) is 16.1. The van der Waals surface area contributed by atoms with E-state index in [1.807, 2.05) is 6.92 Å². The molecular weight excluding hydrogens is 512 g/mol. The summed E-state index contributed by atoms with van der Waals surface area (Å²) >= 11 is 0. The molecule has 2 saturated carbocycles. The molecule has 5 rings (SSSR count). The third-order valence-electron chi connectivity index (χ3n) is 9.51. The highest BCUT2D eigenvalue weighted by atomic mass is 16.1. The molecule has 42 heavy (non-hydrogen) atoms. The summed E-state index contributed by atoms with van der Waals surface area (Å²) < 4.78 is 0. The first-order valence-electron chi connectivity index (χ1n) is 16.1. The number of aryl methyl sites for hydroxylation is 1. The Morgan fingerprint density at radius 3 is 2.02 bits per heavy atom. The quantitative estimate of drug-likeness (QED) is 0.207. The Bertz CT molecular complexity index is 1370. The van der Waals surface area contributed by atoms with E-state index in [0.29, 0.717) is 23.9 Å². The van der Waals surface area contributed by atoms with E-state index in [1.165, 1.54) is 47.1 Å². The van der Waals surface area contributed by atoms with E-state index in [2.05, 4.69) is 91.5 Å². The molecule has 0 heterocycles. The minimum absolute atomic E-state index is 0.0313. The molecule has 3 aromatic carbocycles. The second kappa shape index (κ2) is 14.6. The lowest BCUT2D eigenvalue weighted by atomic mass is 9.84. The van der Waals surface area contributed by atoms with Crippen LogP contribution in [0.2, 0.25) is 0 Å². The number of hydrogen-bond acceptors (Lipinski definition) is 2. The molecule has 0 saturated heterocycles. The summed E-state index contributed by atoms with van der Waals surface area (Å²) in [5.41, 5.74) is 8.54. The van der Waals surface area contributed by atoms with Crippen molar-refractivity contribution in [2.75, 3.05) is 0 Å². The fraction of sp³-hybridized carbons (Fsp3) is 0.400. The molecule has 2 heteroatoms. The van der Waals surface area contributed by atoms with Gasteiger partial charge in [-0.05, 0) is 79.2 Å². The smallest absolute Gasteiger partial charge is 0.147 e. The second-order valence-corrected chi connectivity index (χ2v) is 12.7. The standard InChI is InChI=1S/C40H46O2/c1-29-10-9-15-38(29)40(42)30(2)36-23-20-34(21-24-36)28-35(26-32-11-5-3-6-12-32)27-33-18-16-31(17-19-33)22-25-39(41)37-13-7-4-8-14-37/h3,5-6,11-12,16-21,23-24,26,30,37-38H,1,4,7-10,13-15,22,25,27-28H2,2H3/t30?,38-/m1/s1. The van der Waals surface area contributed by atoms with Gasteiger partial charge in [-0.25, -0.2) is 0 Å². The van der Waals surface area contributed by atoms with Crippen LogP contribution in [0.25, 0.3) is 6.08 Å². The van der Waals surface area contributed by atoms with Crippen LogP contribution in [0.1, 0.15) is 98.4 Å². The number of carbonyl (C=O) groups excluding carboxylic acids is 2. The van der Waals surface area contributed by atoms with Crippen molar-refractivity contribution in [3.8, 4) is 0 Å². The molecule has 2 fully saturated rings. The Labute approximate surface area is 253 Å². The molecule has 3 aromatic rings. The van der Waals surface area contributed by atoms with Crippen LogP contribution in [0.5, 0.6) is 0 Å². The van der Waals surface area contributed by atoms with Crippen molar-refractivity contribution in [1.29, 1.82) is 0 Å². The maximum absolute atomic E-state index is 13.1. The lowest BCUT2D eigenvalue weighted by Gasteiger charge is -2.20. The van der Waals surface area contributed by atoms with Crippen molar-refractivity contribution in [2.24, 2.45) is 11.8 Å². The van der Waals surface area contributed by atoms with Gasteiger partial charge in [0.15, 0.2) is 0 Å².